The molecule has 0 radical (unpaired) electrons. The molecular weight excluding hydrogens is 460 g/mol. The Morgan fingerprint density at radius 2 is 1.72 bits per heavy atom. The monoisotopic (exact) mass is 486 g/mol. The number of benzene rings is 2. The molecular formula is C27H26N4O5. The van der Waals surface area contributed by atoms with Gasteiger partial charge in [0.2, 0.25) is 0 Å². The van der Waals surface area contributed by atoms with Crippen LogP contribution in [0.1, 0.15) is 33.3 Å². The molecule has 0 saturated carbocycles. The van der Waals surface area contributed by atoms with Crippen LogP contribution < -0.4 is 20.6 Å². The van der Waals surface area contributed by atoms with Crippen LogP contribution in [0.5, 0.6) is 11.5 Å². The molecule has 2 aromatic heterocycles. The summed E-state index contributed by atoms with van der Waals surface area (Å²) in [5.41, 5.74) is 11.5. The largest absolute Gasteiger partial charge is 0.486 e. The van der Waals surface area contributed by atoms with Gasteiger partial charge in [-0.2, -0.15) is 5.10 Å². The van der Waals surface area contributed by atoms with Gasteiger partial charge in [-0.25, -0.2) is 5.43 Å². The van der Waals surface area contributed by atoms with Gasteiger partial charge in [0, 0.05) is 17.1 Å². The highest BCUT2D eigenvalue weighted by Gasteiger charge is 2.11. The predicted octanol–water partition coefficient (Wildman–Crippen LogP) is 3.89. The van der Waals surface area contributed by atoms with E-state index in [-0.39, 0.29) is 19.0 Å². The highest BCUT2D eigenvalue weighted by Crippen LogP contribution is 2.21. The normalized spacial score (nSPS) is 10.9. The fourth-order valence-corrected chi connectivity index (χ4v) is 3.56. The number of carbonyl (C=O) groups is 2. The molecule has 0 saturated heterocycles. The number of carbonyl (C=O) groups excluding carboxylic acids is 2. The van der Waals surface area contributed by atoms with E-state index in [0.29, 0.717) is 22.8 Å². The summed E-state index contributed by atoms with van der Waals surface area (Å²) in [7, 11) is 0. The Labute approximate surface area is 208 Å². The number of hydrogen-bond acceptors (Lipinski definition) is 6. The number of aromatic nitrogens is 1. The van der Waals surface area contributed by atoms with E-state index >= 15 is 0 Å². The number of nitrogens with zero attached hydrogens (tertiary/aromatic N) is 2. The standard InChI is InChI=1S/C27H26N4O5/c1-18-6-7-19(2)31(18)21-8-10-22(11-9-21)34-16-24-12-13-25(36-24)27(33)30-29-15-20-4-3-5-23(14-20)35-17-26(28)32/h3-15H,16-17H2,1-2H3,(H2,28,32)(H,30,33)/b29-15+. The lowest BCUT2D eigenvalue weighted by atomic mass is 10.2. The molecule has 0 aliphatic carbocycles. The first-order chi connectivity index (χ1) is 17.4. The number of rotatable bonds is 10. The molecule has 184 valence electrons. The minimum Gasteiger partial charge on any atom is -0.486 e. The van der Waals surface area contributed by atoms with Gasteiger partial charge in [0.15, 0.2) is 12.4 Å². The van der Waals surface area contributed by atoms with Crippen LogP contribution in [0.25, 0.3) is 5.69 Å². The molecule has 36 heavy (non-hydrogen) atoms. The Hall–Kier alpha value is -4.79. The van der Waals surface area contributed by atoms with Gasteiger partial charge in [-0.1, -0.05) is 12.1 Å². The lowest BCUT2D eigenvalue weighted by Gasteiger charge is -2.10. The fraction of sp³-hybridized carbons (Fsp3) is 0.148. The molecule has 2 heterocycles. The molecule has 9 nitrogen and oxygen atoms in total. The summed E-state index contributed by atoms with van der Waals surface area (Å²) in [4.78, 5) is 23.2. The van der Waals surface area contributed by atoms with E-state index in [1.807, 2.05) is 24.3 Å². The van der Waals surface area contributed by atoms with E-state index in [4.69, 9.17) is 19.6 Å². The van der Waals surface area contributed by atoms with Gasteiger partial charge in [0.1, 0.15) is 23.9 Å². The van der Waals surface area contributed by atoms with Crippen molar-refractivity contribution in [2.45, 2.75) is 20.5 Å². The molecule has 4 rings (SSSR count). The van der Waals surface area contributed by atoms with Crippen LogP contribution in [-0.4, -0.2) is 29.2 Å². The zero-order valence-electron chi connectivity index (χ0n) is 19.9. The highest BCUT2D eigenvalue weighted by atomic mass is 16.5. The van der Waals surface area contributed by atoms with Crippen molar-refractivity contribution in [2.24, 2.45) is 10.8 Å². The summed E-state index contributed by atoms with van der Waals surface area (Å²) in [6, 6.07) is 22.0. The van der Waals surface area contributed by atoms with E-state index in [9.17, 15) is 9.59 Å². The van der Waals surface area contributed by atoms with Gasteiger partial charge in [0.05, 0.1) is 6.21 Å². The first kappa shape index (κ1) is 24.3. The van der Waals surface area contributed by atoms with E-state index in [1.165, 1.54) is 6.21 Å². The van der Waals surface area contributed by atoms with E-state index in [2.05, 4.69) is 41.1 Å². The van der Waals surface area contributed by atoms with Gasteiger partial charge < -0.3 is 24.2 Å². The first-order valence-electron chi connectivity index (χ1n) is 11.2. The summed E-state index contributed by atoms with van der Waals surface area (Å²) >= 11 is 0. The minimum atomic E-state index is -0.569. The lowest BCUT2D eigenvalue weighted by Crippen LogP contribution is -2.20. The first-order valence-corrected chi connectivity index (χ1v) is 11.2. The van der Waals surface area contributed by atoms with Crippen molar-refractivity contribution in [1.29, 1.82) is 0 Å². The van der Waals surface area contributed by atoms with Crippen molar-refractivity contribution in [3.8, 4) is 17.2 Å². The minimum absolute atomic E-state index is 0.109. The van der Waals surface area contributed by atoms with Crippen molar-refractivity contribution < 1.29 is 23.5 Å². The van der Waals surface area contributed by atoms with Crippen molar-refractivity contribution in [3.05, 3.63) is 101 Å². The maximum atomic E-state index is 12.3. The number of ether oxygens (including phenoxy) is 2. The van der Waals surface area contributed by atoms with Crippen LogP contribution in [-0.2, 0) is 11.4 Å². The molecule has 3 N–H and O–H groups in total. The molecule has 0 aliphatic heterocycles. The van der Waals surface area contributed by atoms with Crippen LogP contribution in [0, 0.1) is 13.8 Å². The van der Waals surface area contributed by atoms with Crippen molar-refractivity contribution in [1.82, 2.24) is 9.99 Å². The molecule has 2 amide bonds. The third-order valence-electron chi connectivity index (χ3n) is 5.25. The molecule has 0 spiro atoms. The molecule has 9 heteroatoms. The molecule has 0 unspecified atom stereocenters. The molecule has 4 aromatic rings. The topological polar surface area (TPSA) is 121 Å². The number of primary amides is 1. The van der Waals surface area contributed by atoms with Crippen LogP contribution in [0.15, 0.2) is 82.3 Å². The molecule has 0 bridgehead atoms. The third kappa shape index (κ3) is 6.20. The number of furan rings is 1. The predicted molar refractivity (Wildman–Crippen MR) is 134 cm³/mol. The summed E-state index contributed by atoms with van der Waals surface area (Å²) in [5.74, 6) is 0.697. The second-order valence-electron chi connectivity index (χ2n) is 8.03. The smallest absolute Gasteiger partial charge is 0.307 e. The average Bonchev–Trinajstić information content (AvgIpc) is 3.48. The Morgan fingerprint density at radius 1 is 0.972 bits per heavy atom. The highest BCUT2D eigenvalue weighted by molar-refractivity contribution is 5.92. The van der Waals surface area contributed by atoms with Gasteiger partial charge >= 0.3 is 5.91 Å². The van der Waals surface area contributed by atoms with Gasteiger partial charge in [-0.3, -0.25) is 9.59 Å². The van der Waals surface area contributed by atoms with E-state index < -0.39 is 11.8 Å². The molecule has 2 aromatic carbocycles. The maximum absolute atomic E-state index is 12.3. The zero-order valence-corrected chi connectivity index (χ0v) is 19.9. The van der Waals surface area contributed by atoms with E-state index in [0.717, 1.165) is 17.1 Å². The number of amides is 2. The Bertz CT molecular complexity index is 1370. The summed E-state index contributed by atoms with van der Waals surface area (Å²) in [6.45, 7) is 4.08. The van der Waals surface area contributed by atoms with Crippen LogP contribution in [0.4, 0.5) is 0 Å². The van der Waals surface area contributed by atoms with Crippen molar-refractivity contribution >= 4 is 18.0 Å². The lowest BCUT2D eigenvalue weighted by molar-refractivity contribution is -0.119. The summed E-state index contributed by atoms with van der Waals surface area (Å²) in [5, 5.41) is 3.93. The number of nitrogens with two attached hydrogens (primary N) is 1. The maximum Gasteiger partial charge on any atom is 0.307 e. The second kappa shape index (κ2) is 11.1. The third-order valence-corrected chi connectivity index (χ3v) is 5.25. The van der Waals surface area contributed by atoms with E-state index in [1.54, 1.807) is 36.4 Å². The number of hydrazone groups is 1. The second-order valence-corrected chi connectivity index (χ2v) is 8.03. The number of hydrogen-bond donors (Lipinski definition) is 2. The van der Waals surface area contributed by atoms with Crippen LogP contribution in [0.3, 0.4) is 0 Å². The SMILES string of the molecule is Cc1ccc(C)n1-c1ccc(OCc2ccc(C(=O)N/N=C/c3cccc(OCC(N)=O)c3)o2)cc1. The Morgan fingerprint density at radius 3 is 2.44 bits per heavy atom. The quantitative estimate of drug-likeness (QED) is 0.260. The summed E-state index contributed by atoms with van der Waals surface area (Å²) < 4.78 is 18.8. The molecule has 0 aliphatic rings. The van der Waals surface area contributed by atoms with Gasteiger partial charge in [-0.15, -0.1) is 0 Å². The van der Waals surface area contributed by atoms with Crippen molar-refractivity contribution in [3.63, 3.8) is 0 Å². The average molecular weight is 487 g/mol. The Kier molecular flexibility index (Phi) is 7.50. The number of aryl methyl sites for hydroxylation is 2. The van der Waals surface area contributed by atoms with Crippen LogP contribution >= 0.6 is 0 Å². The number of nitrogens with one attached hydrogen (secondary N) is 1. The van der Waals surface area contributed by atoms with Gasteiger partial charge in [-0.05, 0) is 80.1 Å². The van der Waals surface area contributed by atoms with Gasteiger partial charge in [0.25, 0.3) is 5.91 Å². The summed E-state index contributed by atoms with van der Waals surface area (Å²) in [6.07, 6.45) is 1.45. The fourth-order valence-electron chi connectivity index (χ4n) is 3.56. The Balaban J connectivity index is 1.28. The van der Waals surface area contributed by atoms with Crippen LogP contribution in [0.2, 0.25) is 0 Å². The molecule has 0 fully saturated rings. The zero-order chi connectivity index (χ0) is 25.5. The van der Waals surface area contributed by atoms with Crippen molar-refractivity contribution in [2.75, 3.05) is 6.61 Å². The molecule has 0 atom stereocenters.